The molecule has 0 aliphatic carbocycles. The molecular formula is CoKO4S. The van der Waals surface area contributed by atoms with Crippen molar-refractivity contribution in [2.75, 3.05) is 0 Å². The van der Waals surface area contributed by atoms with Crippen LogP contribution in [0.15, 0.2) is 0 Å². The van der Waals surface area contributed by atoms with Gasteiger partial charge in [-0.05, 0) is 0 Å². The molecule has 4 nitrogen and oxygen atoms in total. The fraction of sp³-hybridized carbons (Fsp3) is 0. The Morgan fingerprint density at radius 2 is 1.14 bits per heavy atom. The molecule has 0 spiro atoms. The Morgan fingerprint density at radius 1 is 1.14 bits per heavy atom. The topological polar surface area (TPSA) is 80.3 Å². The Hall–Kier alpha value is 2.01. The van der Waals surface area contributed by atoms with Crippen molar-refractivity contribution >= 4 is 61.8 Å². The van der Waals surface area contributed by atoms with Crippen LogP contribution in [0.2, 0.25) is 0 Å². The van der Waals surface area contributed by atoms with Gasteiger partial charge in [0.1, 0.15) is 0 Å². The van der Waals surface area contributed by atoms with Crippen LogP contribution < -0.4 is 0 Å². The third-order valence-electron chi connectivity index (χ3n) is 0. The summed E-state index contributed by atoms with van der Waals surface area (Å²) in [5.41, 5.74) is 0. The van der Waals surface area contributed by atoms with Gasteiger partial charge in [0.05, 0.1) is 0 Å². The molecule has 0 unspecified atom stereocenters. The van der Waals surface area contributed by atoms with Crippen LogP contribution in [-0.4, -0.2) is 68.9 Å². The van der Waals surface area contributed by atoms with Gasteiger partial charge in [-0.3, -0.25) is 8.42 Å². The summed E-state index contributed by atoms with van der Waals surface area (Å²) in [5, 5.41) is 0. The predicted octanol–water partition coefficient (Wildman–Crippen LogP) is -1.72. The Balaban J connectivity index is -0.0000000800. The van der Waals surface area contributed by atoms with Crippen LogP contribution >= 0.6 is 0 Å². The van der Waals surface area contributed by atoms with Crippen molar-refractivity contribution in [3.8, 4) is 0 Å². The first-order chi connectivity index (χ1) is 2.00. The maximum absolute atomic E-state index is 8.52. The second-order valence-electron chi connectivity index (χ2n) is 0.408. The molecule has 40 valence electrons. The molecule has 7 heavy (non-hydrogen) atoms. The molecule has 0 aromatic heterocycles. The van der Waals surface area contributed by atoms with E-state index in [1.54, 1.807) is 0 Å². The number of hydrogen-bond donors (Lipinski definition) is 0. The van der Waals surface area contributed by atoms with E-state index < -0.39 is 10.4 Å². The molecule has 0 bridgehead atoms. The summed E-state index contributed by atoms with van der Waals surface area (Å²) in [6.07, 6.45) is 0. The minimum absolute atomic E-state index is 0. The van der Waals surface area contributed by atoms with Crippen LogP contribution in [-0.2, 0) is 27.2 Å². The molecule has 0 aliphatic rings. The second-order valence-corrected chi connectivity index (χ2v) is 1.22. The van der Waals surface area contributed by atoms with Gasteiger partial charge >= 0.3 is 16.8 Å². The molecule has 0 saturated carbocycles. The Morgan fingerprint density at radius 3 is 1.14 bits per heavy atom. The summed E-state index contributed by atoms with van der Waals surface area (Å²) in [6, 6.07) is 0. The van der Waals surface area contributed by atoms with E-state index in [4.69, 9.17) is 17.5 Å². The Labute approximate surface area is 94.2 Å². The smallest absolute Gasteiger partial charge is 0.759 e. The van der Waals surface area contributed by atoms with Crippen LogP contribution in [0.4, 0.5) is 0 Å². The Bertz CT molecular complexity index is 94.9. The molecule has 0 rings (SSSR count). The van der Waals surface area contributed by atoms with E-state index in [1.165, 1.54) is 0 Å². The summed E-state index contributed by atoms with van der Waals surface area (Å²) < 4.78 is 34.1. The standard InChI is InChI=1S/Co.K.H2O4S/c;;1-5(2,3)4/h;;(H2,1,2,3,4)/q+2;;/p-2. The van der Waals surface area contributed by atoms with Crippen LogP contribution in [0.25, 0.3) is 0 Å². The van der Waals surface area contributed by atoms with Gasteiger partial charge in [0.25, 0.3) is 0 Å². The molecular weight excluding hydrogens is 194 g/mol. The van der Waals surface area contributed by atoms with Gasteiger partial charge in [-0.15, -0.1) is 0 Å². The molecule has 0 saturated heterocycles. The molecule has 0 aromatic carbocycles. The fourth-order valence-corrected chi connectivity index (χ4v) is 0. The Kier molecular flexibility index (Phi) is 14.0. The molecule has 0 aromatic rings. The van der Waals surface area contributed by atoms with Crippen LogP contribution in [0.1, 0.15) is 0 Å². The van der Waals surface area contributed by atoms with Crippen molar-refractivity contribution in [2.45, 2.75) is 0 Å². The maximum Gasteiger partial charge on any atom is 2.00 e. The average Bonchev–Trinajstić information content (AvgIpc) is 0.722. The number of hydrogen-bond acceptors (Lipinski definition) is 4. The van der Waals surface area contributed by atoms with Crippen molar-refractivity contribution in [1.82, 2.24) is 0 Å². The molecule has 2 radical (unpaired) electrons. The van der Waals surface area contributed by atoms with Crippen LogP contribution in [0.3, 0.4) is 0 Å². The average molecular weight is 194 g/mol. The normalized spacial score (nSPS) is 8.29. The van der Waals surface area contributed by atoms with Gasteiger partial charge in [-0.25, -0.2) is 0 Å². The summed E-state index contributed by atoms with van der Waals surface area (Å²) in [7, 11) is -5.17. The van der Waals surface area contributed by atoms with E-state index in [-0.39, 0.29) is 68.2 Å². The predicted molar refractivity (Wildman–Crippen MR) is 16.2 cm³/mol. The number of rotatable bonds is 0. The van der Waals surface area contributed by atoms with Gasteiger partial charge in [-0.2, -0.15) is 0 Å². The van der Waals surface area contributed by atoms with E-state index in [9.17, 15) is 0 Å². The van der Waals surface area contributed by atoms with Crippen LogP contribution in [0, 0.1) is 0 Å². The van der Waals surface area contributed by atoms with Crippen molar-refractivity contribution < 1.29 is 34.3 Å². The van der Waals surface area contributed by atoms with E-state index in [1.807, 2.05) is 0 Å². The largest absolute Gasteiger partial charge is 2.00 e. The first-order valence-electron chi connectivity index (χ1n) is 0.667. The van der Waals surface area contributed by atoms with E-state index in [0.29, 0.717) is 0 Å². The van der Waals surface area contributed by atoms with Crippen molar-refractivity contribution in [3.05, 3.63) is 0 Å². The summed E-state index contributed by atoms with van der Waals surface area (Å²) in [5.74, 6) is 0. The minimum atomic E-state index is -5.17. The molecule has 0 atom stereocenters. The molecule has 0 amide bonds. The first-order valence-corrected chi connectivity index (χ1v) is 2.00. The van der Waals surface area contributed by atoms with Crippen LogP contribution in [0.5, 0.6) is 0 Å². The maximum atomic E-state index is 8.52. The molecule has 7 heteroatoms. The third-order valence-corrected chi connectivity index (χ3v) is 0. The zero-order valence-corrected chi connectivity index (χ0v) is 8.36. The quantitative estimate of drug-likeness (QED) is 0.261. The molecule has 0 N–H and O–H groups in total. The summed E-state index contributed by atoms with van der Waals surface area (Å²) >= 11 is 0. The molecule has 0 heterocycles. The minimum Gasteiger partial charge on any atom is -0.759 e. The zero-order valence-electron chi connectivity index (χ0n) is 3.37. The third kappa shape index (κ3) is 71.5. The summed E-state index contributed by atoms with van der Waals surface area (Å²) in [6.45, 7) is 0. The van der Waals surface area contributed by atoms with Gasteiger partial charge < -0.3 is 9.11 Å². The van der Waals surface area contributed by atoms with Gasteiger partial charge in [0, 0.05) is 61.8 Å². The van der Waals surface area contributed by atoms with Crippen molar-refractivity contribution in [3.63, 3.8) is 0 Å². The SMILES string of the molecule is O=S(=O)([O-])[O-].[Co+2].[K]. The van der Waals surface area contributed by atoms with Crippen molar-refractivity contribution in [1.29, 1.82) is 0 Å². The molecule has 0 fully saturated rings. The van der Waals surface area contributed by atoms with Gasteiger partial charge in [0.15, 0.2) is 0 Å². The van der Waals surface area contributed by atoms with E-state index in [0.717, 1.165) is 0 Å². The van der Waals surface area contributed by atoms with Crippen molar-refractivity contribution in [2.24, 2.45) is 0 Å². The second kappa shape index (κ2) is 6.14. The summed E-state index contributed by atoms with van der Waals surface area (Å²) in [4.78, 5) is 0. The van der Waals surface area contributed by atoms with E-state index in [2.05, 4.69) is 0 Å². The van der Waals surface area contributed by atoms with Gasteiger partial charge in [-0.1, -0.05) is 0 Å². The molecule has 0 aliphatic heterocycles. The van der Waals surface area contributed by atoms with E-state index >= 15 is 0 Å². The monoisotopic (exact) mass is 194 g/mol. The van der Waals surface area contributed by atoms with Gasteiger partial charge in [0.2, 0.25) is 0 Å². The fourth-order valence-electron chi connectivity index (χ4n) is 0. The zero-order chi connectivity index (χ0) is 4.50. The first kappa shape index (κ1) is 16.0.